The third-order valence-electron chi connectivity index (χ3n) is 5.22. The molecule has 1 fully saturated rings. The van der Waals surface area contributed by atoms with Crippen molar-refractivity contribution in [1.29, 1.82) is 0 Å². The Morgan fingerprint density at radius 3 is 2.61 bits per heavy atom. The van der Waals surface area contributed by atoms with Crippen molar-refractivity contribution < 1.29 is 4.57 Å². The fraction of sp³-hybridized carbons (Fsp3) is 0.333. The summed E-state index contributed by atoms with van der Waals surface area (Å²) >= 11 is 0. The summed E-state index contributed by atoms with van der Waals surface area (Å²) in [7, 11) is 2.10. The number of benzene rings is 2. The van der Waals surface area contributed by atoms with Gasteiger partial charge in [0.05, 0.1) is 12.4 Å². The first-order chi connectivity index (χ1) is 11.1. The molecule has 2 nitrogen and oxygen atoms in total. The lowest BCUT2D eigenvalue weighted by Crippen LogP contribution is -2.32. The number of aromatic nitrogens is 2. The summed E-state index contributed by atoms with van der Waals surface area (Å²) < 4.78 is 2.16. The smallest absolute Gasteiger partial charge is 0.232 e. The second-order valence-electron chi connectivity index (χ2n) is 6.93. The normalized spacial score (nSPS) is 14.9. The first-order valence-electron chi connectivity index (χ1n) is 8.49. The molecule has 1 aliphatic carbocycles. The molecule has 0 aliphatic heterocycles. The molecule has 0 amide bonds. The maximum Gasteiger partial charge on any atom is 0.287 e. The molecule has 0 spiro atoms. The molecule has 23 heavy (non-hydrogen) atoms. The summed E-state index contributed by atoms with van der Waals surface area (Å²) in [6, 6.07) is 13.5. The zero-order valence-corrected chi connectivity index (χ0v) is 14.1. The quantitative estimate of drug-likeness (QED) is 0.632. The van der Waals surface area contributed by atoms with Crippen molar-refractivity contribution in [3.8, 4) is 11.3 Å². The van der Waals surface area contributed by atoms with E-state index in [1.807, 2.05) is 6.33 Å². The highest BCUT2D eigenvalue weighted by Gasteiger charge is 2.22. The molecule has 0 atom stereocenters. The lowest BCUT2D eigenvalue weighted by atomic mass is 9.79. The van der Waals surface area contributed by atoms with Gasteiger partial charge in [-0.3, -0.25) is 0 Å². The van der Waals surface area contributed by atoms with E-state index in [2.05, 4.69) is 66.8 Å². The van der Waals surface area contributed by atoms with Gasteiger partial charge in [-0.2, -0.15) is 0 Å². The zero-order chi connectivity index (χ0) is 16.0. The van der Waals surface area contributed by atoms with Gasteiger partial charge in [0, 0.05) is 5.56 Å². The summed E-state index contributed by atoms with van der Waals surface area (Å²) in [5, 5.41) is 1.27. The molecule has 0 unspecified atom stereocenters. The maximum atomic E-state index is 4.63. The Hall–Kier alpha value is -2.22. The van der Waals surface area contributed by atoms with Crippen molar-refractivity contribution in [3.63, 3.8) is 0 Å². The van der Waals surface area contributed by atoms with Gasteiger partial charge in [-0.1, -0.05) is 30.2 Å². The highest BCUT2D eigenvalue weighted by Crippen LogP contribution is 2.38. The molecule has 1 aromatic heterocycles. The fourth-order valence-electron chi connectivity index (χ4n) is 3.57. The summed E-state index contributed by atoms with van der Waals surface area (Å²) in [5.41, 5.74) is 7.76. The Morgan fingerprint density at radius 1 is 1.04 bits per heavy atom. The van der Waals surface area contributed by atoms with Gasteiger partial charge in [-0.25, -0.2) is 4.57 Å². The number of rotatable bonds is 2. The average molecular weight is 303 g/mol. The Morgan fingerprint density at radius 2 is 1.87 bits per heavy atom. The van der Waals surface area contributed by atoms with Crippen LogP contribution in [0.15, 0.2) is 42.7 Å². The first kappa shape index (κ1) is 14.4. The van der Waals surface area contributed by atoms with Gasteiger partial charge in [0.1, 0.15) is 5.69 Å². The number of fused-ring (bicyclic) bond motifs is 1. The lowest BCUT2D eigenvalue weighted by molar-refractivity contribution is -0.662. The summed E-state index contributed by atoms with van der Waals surface area (Å²) in [6.45, 7) is 4.35. The van der Waals surface area contributed by atoms with Crippen LogP contribution in [-0.2, 0) is 7.05 Å². The van der Waals surface area contributed by atoms with E-state index in [-0.39, 0.29) is 0 Å². The van der Waals surface area contributed by atoms with E-state index < -0.39 is 0 Å². The van der Waals surface area contributed by atoms with Crippen LogP contribution in [0.1, 0.15) is 41.9 Å². The van der Waals surface area contributed by atoms with Crippen molar-refractivity contribution in [2.45, 2.75) is 39.0 Å². The van der Waals surface area contributed by atoms with Crippen LogP contribution >= 0.6 is 0 Å². The minimum Gasteiger partial charge on any atom is -0.232 e. The van der Waals surface area contributed by atoms with Crippen molar-refractivity contribution >= 4 is 10.9 Å². The van der Waals surface area contributed by atoms with Crippen LogP contribution in [0.4, 0.5) is 0 Å². The third kappa shape index (κ3) is 2.42. The minimum atomic E-state index is 0.747. The topological polar surface area (TPSA) is 16.8 Å². The number of hydrogen-bond acceptors (Lipinski definition) is 1. The predicted octanol–water partition coefficient (Wildman–Crippen LogP) is 4.61. The highest BCUT2D eigenvalue weighted by molar-refractivity contribution is 5.91. The molecule has 1 saturated carbocycles. The van der Waals surface area contributed by atoms with Gasteiger partial charge in [-0.05, 0) is 66.9 Å². The van der Waals surface area contributed by atoms with E-state index in [0.29, 0.717) is 0 Å². The molecule has 4 rings (SSSR count). The van der Waals surface area contributed by atoms with Gasteiger partial charge in [0.25, 0.3) is 6.33 Å². The molecular formula is C21H23N2+. The zero-order valence-electron chi connectivity index (χ0n) is 14.1. The monoisotopic (exact) mass is 303 g/mol. The van der Waals surface area contributed by atoms with Crippen molar-refractivity contribution in [1.82, 2.24) is 4.98 Å². The van der Waals surface area contributed by atoms with Crippen LogP contribution in [0.5, 0.6) is 0 Å². The van der Waals surface area contributed by atoms with Gasteiger partial charge < -0.3 is 0 Å². The molecule has 0 bridgehead atoms. The Kier molecular flexibility index (Phi) is 3.41. The van der Waals surface area contributed by atoms with Crippen LogP contribution in [0.3, 0.4) is 0 Å². The van der Waals surface area contributed by atoms with Crippen molar-refractivity contribution in [3.05, 3.63) is 59.4 Å². The van der Waals surface area contributed by atoms with Crippen LogP contribution < -0.4 is 4.57 Å². The molecular weight excluding hydrogens is 280 g/mol. The molecule has 1 aliphatic rings. The molecule has 3 aromatic rings. The molecule has 2 aromatic carbocycles. The summed E-state index contributed by atoms with van der Waals surface area (Å²) in [4.78, 5) is 4.63. The third-order valence-corrected chi connectivity index (χ3v) is 5.22. The first-order valence-corrected chi connectivity index (χ1v) is 8.49. The van der Waals surface area contributed by atoms with Crippen LogP contribution in [0.25, 0.3) is 22.2 Å². The maximum absolute atomic E-state index is 4.63. The minimum absolute atomic E-state index is 0.747. The second-order valence-corrected chi connectivity index (χ2v) is 6.93. The van der Waals surface area contributed by atoms with E-state index in [9.17, 15) is 0 Å². The molecule has 2 heteroatoms. The lowest BCUT2D eigenvalue weighted by Gasteiger charge is -2.25. The van der Waals surface area contributed by atoms with E-state index in [0.717, 1.165) is 11.4 Å². The number of aryl methyl sites for hydroxylation is 3. The SMILES string of the molecule is Cc1ccc(C)c(-c2c3cc(C4CCC4)ccc3nc[n+]2C)c1. The molecule has 116 valence electrons. The van der Waals surface area contributed by atoms with Crippen LogP contribution in [0.2, 0.25) is 0 Å². The van der Waals surface area contributed by atoms with Crippen molar-refractivity contribution in [2.75, 3.05) is 0 Å². The van der Waals surface area contributed by atoms with Crippen LogP contribution in [-0.4, -0.2) is 4.98 Å². The van der Waals surface area contributed by atoms with Crippen LogP contribution in [0, 0.1) is 13.8 Å². The van der Waals surface area contributed by atoms with E-state index in [1.165, 1.54) is 52.6 Å². The van der Waals surface area contributed by atoms with Crippen molar-refractivity contribution in [2.24, 2.45) is 7.05 Å². The number of hydrogen-bond donors (Lipinski definition) is 0. The fourth-order valence-corrected chi connectivity index (χ4v) is 3.57. The van der Waals surface area contributed by atoms with Gasteiger partial charge in [0.2, 0.25) is 0 Å². The molecule has 0 N–H and O–H groups in total. The van der Waals surface area contributed by atoms with E-state index in [4.69, 9.17) is 0 Å². The highest BCUT2D eigenvalue weighted by atomic mass is 15.0. The van der Waals surface area contributed by atoms with Gasteiger partial charge in [0.15, 0.2) is 5.52 Å². The molecule has 1 heterocycles. The average Bonchev–Trinajstić information content (AvgIpc) is 2.48. The largest absolute Gasteiger partial charge is 0.287 e. The van der Waals surface area contributed by atoms with E-state index >= 15 is 0 Å². The summed E-state index contributed by atoms with van der Waals surface area (Å²) in [5.74, 6) is 0.747. The van der Waals surface area contributed by atoms with Gasteiger partial charge in [-0.15, -0.1) is 0 Å². The second kappa shape index (κ2) is 5.45. The Balaban J connectivity index is 2.00. The van der Waals surface area contributed by atoms with Gasteiger partial charge >= 0.3 is 0 Å². The molecule has 0 radical (unpaired) electrons. The predicted molar refractivity (Wildman–Crippen MR) is 94.4 cm³/mol. The Bertz CT molecular complexity index is 892. The summed E-state index contributed by atoms with van der Waals surface area (Å²) in [6.07, 6.45) is 5.96. The standard InChI is InChI=1S/C21H23N2/c1-14-7-8-15(2)18(11-14)21-19-12-17(16-5-4-6-16)9-10-20(19)22-13-23(21)3/h7-13,16H,4-6H2,1-3H3/q+1. The number of nitrogens with zero attached hydrogens (tertiary/aromatic N) is 2. The van der Waals surface area contributed by atoms with E-state index in [1.54, 1.807) is 0 Å². The Labute approximate surface area is 137 Å². The molecule has 0 saturated heterocycles.